The summed E-state index contributed by atoms with van der Waals surface area (Å²) in [7, 11) is 0. The molecular weight excluding hydrogens is 287 g/mol. The van der Waals surface area contributed by atoms with Gasteiger partial charge in [-0.2, -0.15) is 0 Å². The van der Waals surface area contributed by atoms with Crippen molar-refractivity contribution in [1.29, 1.82) is 0 Å². The van der Waals surface area contributed by atoms with E-state index in [-0.39, 0.29) is 0 Å². The van der Waals surface area contributed by atoms with Crippen molar-refractivity contribution in [2.75, 3.05) is 6.61 Å². The van der Waals surface area contributed by atoms with Gasteiger partial charge in [-0.15, -0.1) is 0 Å². The van der Waals surface area contributed by atoms with E-state index in [0.29, 0.717) is 12.8 Å². The molecule has 0 spiro atoms. The predicted molar refractivity (Wildman–Crippen MR) is 95.5 cm³/mol. The molecule has 0 N–H and O–H groups in total. The van der Waals surface area contributed by atoms with E-state index in [0.717, 1.165) is 35.5 Å². The maximum Gasteiger partial charge on any atom is 0.119 e. The molecule has 2 heteroatoms. The molecule has 0 radical (unpaired) electrons. The molecule has 0 heterocycles. The van der Waals surface area contributed by atoms with Gasteiger partial charge in [-0.05, 0) is 41.7 Å². The fraction of sp³-hybridized carbons (Fsp3) is 0.333. The highest BCUT2D eigenvalue weighted by molar-refractivity contribution is 5.64. The highest BCUT2D eigenvalue weighted by Crippen LogP contribution is 2.23. The van der Waals surface area contributed by atoms with Gasteiger partial charge in [0.2, 0.25) is 0 Å². The van der Waals surface area contributed by atoms with E-state index in [1.165, 1.54) is 25.3 Å². The Balaban J connectivity index is 1.88. The number of rotatable bonds is 9. The molecule has 2 rings (SSSR count). The summed E-state index contributed by atoms with van der Waals surface area (Å²) in [6.07, 6.45) is 7.61. The molecule has 0 fully saturated rings. The van der Waals surface area contributed by atoms with Gasteiger partial charge >= 0.3 is 0 Å². The normalized spacial score (nSPS) is 11.0. The molecule has 0 bridgehead atoms. The third-order valence-corrected chi connectivity index (χ3v) is 3.85. The first-order chi connectivity index (χ1) is 11.3. The Kier molecular flexibility index (Phi) is 7.38. The maximum absolute atomic E-state index is 12.0. The number of ether oxygens (including phenoxy) is 1. The fourth-order valence-electron chi connectivity index (χ4n) is 2.48. The molecule has 1 nitrogen and oxygen atoms in total. The molecule has 0 aliphatic heterocycles. The Morgan fingerprint density at radius 2 is 1.52 bits per heavy atom. The van der Waals surface area contributed by atoms with Crippen molar-refractivity contribution in [2.45, 2.75) is 39.0 Å². The van der Waals surface area contributed by atoms with Crippen LogP contribution in [-0.2, 0) is 6.42 Å². The van der Waals surface area contributed by atoms with Gasteiger partial charge in [0.25, 0.3) is 0 Å². The number of hydrogen-bond acceptors (Lipinski definition) is 1. The third kappa shape index (κ3) is 5.90. The van der Waals surface area contributed by atoms with Crippen molar-refractivity contribution in [3.63, 3.8) is 0 Å². The Morgan fingerprint density at radius 3 is 2.13 bits per heavy atom. The molecule has 0 amide bonds. The lowest BCUT2D eigenvalue weighted by Crippen LogP contribution is -1.96. The minimum absolute atomic E-state index is 0.592. The number of allylic oxidation sites excluding steroid dienone is 1. The summed E-state index contributed by atoms with van der Waals surface area (Å²) in [6.45, 7) is 3.00. The first-order valence-electron chi connectivity index (χ1n) is 8.41. The Morgan fingerprint density at radius 1 is 0.870 bits per heavy atom. The Bertz CT molecular complexity index is 584. The molecule has 2 aromatic rings. The van der Waals surface area contributed by atoms with Crippen molar-refractivity contribution in [3.8, 4) is 16.9 Å². The van der Waals surface area contributed by atoms with Crippen LogP contribution in [0.15, 0.2) is 60.9 Å². The van der Waals surface area contributed by atoms with Crippen LogP contribution in [0.25, 0.3) is 11.1 Å². The fourth-order valence-corrected chi connectivity index (χ4v) is 2.48. The zero-order valence-corrected chi connectivity index (χ0v) is 13.8. The molecule has 0 saturated heterocycles. The summed E-state index contributed by atoms with van der Waals surface area (Å²) < 4.78 is 17.8. The van der Waals surface area contributed by atoms with Crippen LogP contribution in [0.1, 0.15) is 38.2 Å². The zero-order valence-electron chi connectivity index (χ0n) is 13.8. The largest absolute Gasteiger partial charge is 0.494 e. The lowest BCUT2D eigenvalue weighted by atomic mass is 10.0. The number of benzene rings is 2. The van der Waals surface area contributed by atoms with Crippen LogP contribution in [0.2, 0.25) is 0 Å². The molecular formula is C21H25FO. The van der Waals surface area contributed by atoms with Crippen molar-refractivity contribution in [1.82, 2.24) is 0 Å². The second-order valence-electron chi connectivity index (χ2n) is 5.70. The van der Waals surface area contributed by atoms with Crippen LogP contribution in [0.5, 0.6) is 5.75 Å². The van der Waals surface area contributed by atoms with Crippen molar-refractivity contribution in [2.24, 2.45) is 0 Å². The van der Waals surface area contributed by atoms with E-state index in [1.807, 2.05) is 24.3 Å². The zero-order chi connectivity index (χ0) is 16.3. The van der Waals surface area contributed by atoms with E-state index >= 15 is 0 Å². The van der Waals surface area contributed by atoms with Gasteiger partial charge in [0, 0.05) is 0 Å². The van der Waals surface area contributed by atoms with Crippen LogP contribution in [0.4, 0.5) is 4.39 Å². The minimum atomic E-state index is 0.592. The van der Waals surface area contributed by atoms with Crippen LogP contribution >= 0.6 is 0 Å². The SMILES string of the molecule is CCCCCCOc1ccc(-c2ccc(CC=CF)cc2)cc1. The smallest absolute Gasteiger partial charge is 0.119 e. The topological polar surface area (TPSA) is 9.23 Å². The molecule has 0 saturated carbocycles. The van der Waals surface area contributed by atoms with E-state index in [9.17, 15) is 4.39 Å². The van der Waals surface area contributed by atoms with Gasteiger partial charge in [-0.25, -0.2) is 4.39 Å². The highest BCUT2D eigenvalue weighted by atomic mass is 19.1. The van der Waals surface area contributed by atoms with Crippen LogP contribution in [0, 0.1) is 0 Å². The van der Waals surface area contributed by atoms with E-state index in [1.54, 1.807) is 0 Å². The van der Waals surface area contributed by atoms with Gasteiger partial charge in [-0.1, -0.05) is 68.7 Å². The van der Waals surface area contributed by atoms with E-state index in [4.69, 9.17) is 4.74 Å². The summed E-state index contributed by atoms with van der Waals surface area (Å²) in [4.78, 5) is 0. The molecule has 0 aromatic heterocycles. The lowest BCUT2D eigenvalue weighted by Gasteiger charge is -2.08. The van der Waals surface area contributed by atoms with Crippen molar-refractivity contribution < 1.29 is 9.13 Å². The third-order valence-electron chi connectivity index (χ3n) is 3.85. The summed E-state index contributed by atoms with van der Waals surface area (Å²) >= 11 is 0. The van der Waals surface area contributed by atoms with Gasteiger partial charge in [0.05, 0.1) is 12.9 Å². The summed E-state index contributed by atoms with van der Waals surface area (Å²) in [5.74, 6) is 0.926. The number of hydrogen-bond donors (Lipinski definition) is 0. The molecule has 2 aromatic carbocycles. The van der Waals surface area contributed by atoms with Gasteiger partial charge < -0.3 is 4.74 Å². The first-order valence-corrected chi connectivity index (χ1v) is 8.41. The van der Waals surface area contributed by atoms with E-state index < -0.39 is 0 Å². The van der Waals surface area contributed by atoms with Crippen molar-refractivity contribution >= 4 is 0 Å². The lowest BCUT2D eigenvalue weighted by molar-refractivity contribution is 0.305. The van der Waals surface area contributed by atoms with Crippen molar-refractivity contribution in [3.05, 3.63) is 66.5 Å². The van der Waals surface area contributed by atoms with E-state index in [2.05, 4.69) is 31.2 Å². The summed E-state index contributed by atoms with van der Waals surface area (Å²) in [5.41, 5.74) is 3.43. The standard InChI is InChI=1S/C21H25FO/c1-2-3-4-5-17-23-21-14-12-20(13-15-21)19-10-8-18(9-11-19)7-6-16-22/h6,8-16H,2-5,7,17H2,1H3. The maximum atomic E-state index is 12.0. The summed E-state index contributed by atoms with van der Waals surface area (Å²) in [6, 6.07) is 16.4. The molecule has 0 aliphatic rings. The average molecular weight is 312 g/mol. The van der Waals surface area contributed by atoms with Crippen LogP contribution < -0.4 is 4.74 Å². The highest BCUT2D eigenvalue weighted by Gasteiger charge is 2.00. The predicted octanol–water partition coefficient (Wildman–Crippen LogP) is 6.34. The quantitative estimate of drug-likeness (QED) is 0.491. The van der Waals surface area contributed by atoms with Gasteiger partial charge in [0.15, 0.2) is 0 Å². The number of halogens is 1. The molecule has 0 atom stereocenters. The van der Waals surface area contributed by atoms with Crippen LogP contribution in [0.3, 0.4) is 0 Å². The second kappa shape index (κ2) is 9.83. The second-order valence-corrected chi connectivity index (χ2v) is 5.70. The average Bonchev–Trinajstić information content (AvgIpc) is 2.61. The molecule has 122 valence electrons. The van der Waals surface area contributed by atoms with Crippen LogP contribution in [-0.4, -0.2) is 6.61 Å². The summed E-state index contributed by atoms with van der Waals surface area (Å²) in [5, 5.41) is 0. The number of unbranched alkanes of at least 4 members (excludes halogenated alkanes) is 3. The van der Waals surface area contributed by atoms with Gasteiger partial charge in [-0.3, -0.25) is 0 Å². The van der Waals surface area contributed by atoms with Gasteiger partial charge in [0.1, 0.15) is 5.75 Å². The Labute approximate surface area is 138 Å². The minimum Gasteiger partial charge on any atom is -0.494 e. The monoisotopic (exact) mass is 312 g/mol. The first kappa shape index (κ1) is 17.3. The molecule has 23 heavy (non-hydrogen) atoms. The molecule has 0 unspecified atom stereocenters. The molecule has 0 aliphatic carbocycles. The Hall–Kier alpha value is -2.09.